The van der Waals surface area contributed by atoms with Crippen molar-refractivity contribution in [3.05, 3.63) is 0 Å². The van der Waals surface area contributed by atoms with Gasteiger partial charge >= 0.3 is 0 Å². The van der Waals surface area contributed by atoms with Gasteiger partial charge in [-0.1, -0.05) is 25.4 Å². The maximum absolute atomic E-state index is 8.68. The predicted molar refractivity (Wildman–Crippen MR) is 83.3 cm³/mol. The number of nitrogens with zero attached hydrogens (tertiary/aromatic N) is 2. The minimum atomic E-state index is -0.232. The molecule has 0 saturated carbocycles. The smallest absolute Gasteiger partial charge is 0.144 e. The molecule has 0 aromatic rings. The first-order valence-corrected chi connectivity index (χ1v) is 7.31. The molecule has 0 amide bonds. The van der Waals surface area contributed by atoms with Crippen molar-refractivity contribution in [2.75, 3.05) is 46.9 Å². The molecule has 0 rings (SSSR count). The maximum atomic E-state index is 8.68. The van der Waals surface area contributed by atoms with E-state index in [0.29, 0.717) is 5.84 Å². The average molecular weight is 288 g/mol. The van der Waals surface area contributed by atoms with Crippen LogP contribution in [0.15, 0.2) is 5.16 Å². The third-order valence-electron chi connectivity index (χ3n) is 3.31. The molecule has 6 nitrogen and oxygen atoms in total. The van der Waals surface area contributed by atoms with Crippen LogP contribution in [-0.4, -0.2) is 62.9 Å². The topological polar surface area (TPSA) is 83.1 Å². The zero-order chi connectivity index (χ0) is 15.4. The molecule has 0 fully saturated rings. The number of ether oxygens (including phenoxy) is 1. The SMILES string of the molecule is CN(C)CCOCCNCCCCC(C)(C)C(N)=NO. The first-order valence-electron chi connectivity index (χ1n) is 7.31. The van der Waals surface area contributed by atoms with Crippen molar-refractivity contribution in [3.63, 3.8) is 0 Å². The van der Waals surface area contributed by atoms with Crippen LogP contribution in [0.4, 0.5) is 0 Å². The fraction of sp³-hybridized carbons (Fsp3) is 0.929. The molecular weight excluding hydrogens is 256 g/mol. The Kier molecular flexibility index (Phi) is 10.4. The lowest BCUT2D eigenvalue weighted by Crippen LogP contribution is -2.32. The van der Waals surface area contributed by atoms with E-state index in [-0.39, 0.29) is 5.41 Å². The minimum Gasteiger partial charge on any atom is -0.409 e. The molecule has 0 saturated heterocycles. The van der Waals surface area contributed by atoms with Gasteiger partial charge in [-0.2, -0.15) is 0 Å². The number of likely N-dealkylation sites (N-methyl/N-ethyl adjacent to an activating group) is 1. The average Bonchev–Trinajstić information content (AvgIpc) is 2.39. The molecule has 0 spiro atoms. The first-order chi connectivity index (χ1) is 9.40. The van der Waals surface area contributed by atoms with Crippen molar-refractivity contribution in [1.82, 2.24) is 10.2 Å². The summed E-state index contributed by atoms with van der Waals surface area (Å²) in [6.45, 7) is 8.34. The van der Waals surface area contributed by atoms with E-state index in [4.69, 9.17) is 15.7 Å². The van der Waals surface area contributed by atoms with Gasteiger partial charge in [0.1, 0.15) is 5.84 Å². The Bertz CT molecular complexity index is 268. The van der Waals surface area contributed by atoms with Crippen LogP contribution >= 0.6 is 0 Å². The predicted octanol–water partition coefficient (Wildman–Crippen LogP) is 1.10. The first kappa shape index (κ1) is 19.1. The van der Waals surface area contributed by atoms with E-state index in [0.717, 1.165) is 52.1 Å². The van der Waals surface area contributed by atoms with Gasteiger partial charge in [0.25, 0.3) is 0 Å². The van der Waals surface area contributed by atoms with Gasteiger partial charge in [0.05, 0.1) is 13.2 Å². The van der Waals surface area contributed by atoms with Crippen molar-refractivity contribution >= 4 is 5.84 Å². The number of rotatable bonds is 12. The van der Waals surface area contributed by atoms with E-state index < -0.39 is 0 Å². The highest BCUT2D eigenvalue weighted by atomic mass is 16.5. The van der Waals surface area contributed by atoms with Crippen molar-refractivity contribution in [2.24, 2.45) is 16.3 Å². The van der Waals surface area contributed by atoms with Crippen LogP contribution < -0.4 is 11.1 Å². The molecule has 120 valence electrons. The Labute approximate surface area is 123 Å². The molecular formula is C14H32N4O2. The molecule has 0 unspecified atom stereocenters. The second kappa shape index (κ2) is 10.9. The van der Waals surface area contributed by atoms with Gasteiger partial charge in [0.2, 0.25) is 0 Å². The van der Waals surface area contributed by atoms with E-state index in [2.05, 4.69) is 15.4 Å². The highest BCUT2D eigenvalue weighted by Gasteiger charge is 2.22. The molecule has 0 bridgehead atoms. The number of oxime groups is 1. The number of nitrogens with one attached hydrogen (secondary N) is 1. The molecule has 0 radical (unpaired) electrons. The summed E-state index contributed by atoms with van der Waals surface area (Å²) in [5.74, 6) is 0.305. The van der Waals surface area contributed by atoms with Gasteiger partial charge in [-0.05, 0) is 33.5 Å². The van der Waals surface area contributed by atoms with E-state index >= 15 is 0 Å². The second-order valence-electron chi connectivity index (χ2n) is 5.99. The van der Waals surface area contributed by atoms with E-state index in [1.165, 1.54) is 0 Å². The van der Waals surface area contributed by atoms with Gasteiger partial charge in [-0.15, -0.1) is 0 Å². The monoisotopic (exact) mass is 288 g/mol. The Hall–Kier alpha value is -0.850. The zero-order valence-corrected chi connectivity index (χ0v) is 13.5. The highest BCUT2D eigenvalue weighted by molar-refractivity contribution is 5.85. The van der Waals surface area contributed by atoms with Crippen LogP contribution in [0.3, 0.4) is 0 Å². The van der Waals surface area contributed by atoms with Gasteiger partial charge < -0.3 is 25.9 Å². The Morgan fingerprint density at radius 1 is 1.25 bits per heavy atom. The van der Waals surface area contributed by atoms with Crippen LogP contribution in [0.1, 0.15) is 33.1 Å². The lowest BCUT2D eigenvalue weighted by atomic mass is 9.86. The molecule has 0 aromatic carbocycles. The fourth-order valence-electron chi connectivity index (χ4n) is 1.70. The van der Waals surface area contributed by atoms with Crippen molar-refractivity contribution in [2.45, 2.75) is 33.1 Å². The Balaban J connectivity index is 3.37. The molecule has 0 aliphatic heterocycles. The van der Waals surface area contributed by atoms with Gasteiger partial charge in [0, 0.05) is 18.5 Å². The van der Waals surface area contributed by atoms with Gasteiger partial charge in [-0.25, -0.2) is 0 Å². The molecule has 0 heterocycles. The Morgan fingerprint density at radius 2 is 1.95 bits per heavy atom. The van der Waals surface area contributed by atoms with Crippen LogP contribution in [0.5, 0.6) is 0 Å². The molecule has 20 heavy (non-hydrogen) atoms. The molecule has 0 atom stereocenters. The fourth-order valence-corrected chi connectivity index (χ4v) is 1.70. The molecule has 0 aliphatic carbocycles. The van der Waals surface area contributed by atoms with Gasteiger partial charge in [0.15, 0.2) is 0 Å². The number of nitrogens with two attached hydrogens (primary N) is 1. The van der Waals surface area contributed by atoms with Crippen molar-refractivity contribution < 1.29 is 9.94 Å². The highest BCUT2D eigenvalue weighted by Crippen LogP contribution is 2.22. The standard InChI is InChI=1S/C14H32N4O2/c1-14(2,13(15)17-19)7-5-6-8-16-9-11-20-12-10-18(3)4/h16,19H,5-12H2,1-4H3,(H2,15,17). The largest absolute Gasteiger partial charge is 0.409 e. The maximum Gasteiger partial charge on any atom is 0.144 e. The lowest BCUT2D eigenvalue weighted by Gasteiger charge is -2.22. The van der Waals surface area contributed by atoms with Crippen LogP contribution in [0.2, 0.25) is 0 Å². The zero-order valence-electron chi connectivity index (χ0n) is 13.5. The normalized spacial score (nSPS) is 13.2. The summed E-state index contributed by atoms with van der Waals surface area (Å²) < 4.78 is 5.49. The number of hydrogen-bond donors (Lipinski definition) is 3. The van der Waals surface area contributed by atoms with E-state index in [1.807, 2.05) is 27.9 Å². The summed E-state index contributed by atoms with van der Waals surface area (Å²) in [7, 11) is 4.08. The molecule has 6 heteroatoms. The third-order valence-corrected chi connectivity index (χ3v) is 3.31. The van der Waals surface area contributed by atoms with E-state index in [9.17, 15) is 0 Å². The lowest BCUT2D eigenvalue weighted by molar-refractivity contribution is 0.119. The molecule has 0 aliphatic rings. The van der Waals surface area contributed by atoms with E-state index in [1.54, 1.807) is 0 Å². The van der Waals surface area contributed by atoms with Crippen LogP contribution in [0.25, 0.3) is 0 Å². The third kappa shape index (κ3) is 10.00. The van der Waals surface area contributed by atoms with Crippen molar-refractivity contribution in [1.29, 1.82) is 0 Å². The number of hydrogen-bond acceptors (Lipinski definition) is 5. The summed E-state index contributed by atoms with van der Waals surface area (Å²) >= 11 is 0. The van der Waals surface area contributed by atoms with Crippen LogP contribution in [-0.2, 0) is 4.74 Å². The summed E-state index contributed by atoms with van der Waals surface area (Å²) in [6, 6.07) is 0. The quantitative estimate of drug-likeness (QED) is 0.165. The molecule has 0 aromatic heterocycles. The molecule has 4 N–H and O–H groups in total. The number of amidine groups is 1. The summed E-state index contributed by atoms with van der Waals surface area (Å²) in [5, 5.41) is 15.1. The van der Waals surface area contributed by atoms with Crippen LogP contribution in [0, 0.1) is 5.41 Å². The minimum absolute atomic E-state index is 0.232. The number of unbranched alkanes of at least 4 members (excludes halogenated alkanes) is 1. The van der Waals surface area contributed by atoms with Crippen molar-refractivity contribution in [3.8, 4) is 0 Å². The Morgan fingerprint density at radius 3 is 2.55 bits per heavy atom. The van der Waals surface area contributed by atoms with Gasteiger partial charge in [-0.3, -0.25) is 0 Å². The second-order valence-corrected chi connectivity index (χ2v) is 5.99. The summed E-state index contributed by atoms with van der Waals surface area (Å²) in [6.07, 6.45) is 3.06. The summed E-state index contributed by atoms with van der Waals surface area (Å²) in [4.78, 5) is 2.11. The summed E-state index contributed by atoms with van der Waals surface area (Å²) in [5.41, 5.74) is 5.41.